The van der Waals surface area contributed by atoms with Crippen molar-refractivity contribution in [3.05, 3.63) is 11.7 Å². The van der Waals surface area contributed by atoms with Gasteiger partial charge in [0.15, 0.2) is 5.82 Å². The summed E-state index contributed by atoms with van der Waals surface area (Å²) in [5.41, 5.74) is 5.81. The van der Waals surface area contributed by atoms with Gasteiger partial charge in [-0.1, -0.05) is 25.9 Å². The zero-order valence-corrected chi connectivity index (χ0v) is 10.4. The van der Waals surface area contributed by atoms with E-state index >= 15 is 0 Å². The molecule has 0 aromatic carbocycles. The molecule has 5 heteroatoms. The van der Waals surface area contributed by atoms with Crippen LogP contribution in [0, 0.1) is 0 Å². The molecule has 0 saturated carbocycles. The van der Waals surface area contributed by atoms with Gasteiger partial charge in [-0.3, -0.25) is 0 Å². The molecule has 0 unspecified atom stereocenters. The van der Waals surface area contributed by atoms with E-state index in [9.17, 15) is 0 Å². The lowest BCUT2D eigenvalue weighted by atomic mass is 10.2. The molecule has 0 amide bonds. The Bertz CT molecular complexity index is 296. The number of nitrogens with two attached hydrogens (primary N) is 1. The van der Waals surface area contributed by atoms with Crippen LogP contribution in [0.3, 0.4) is 0 Å². The van der Waals surface area contributed by atoms with Crippen molar-refractivity contribution in [2.75, 3.05) is 19.6 Å². The molecule has 0 bridgehead atoms. The number of hydrogen-bond acceptors (Lipinski definition) is 5. The molecule has 0 fully saturated rings. The van der Waals surface area contributed by atoms with Crippen LogP contribution in [0.4, 0.5) is 0 Å². The van der Waals surface area contributed by atoms with Gasteiger partial charge in [0.2, 0.25) is 5.89 Å². The Kier molecular flexibility index (Phi) is 5.42. The average molecular weight is 226 g/mol. The van der Waals surface area contributed by atoms with Gasteiger partial charge < -0.3 is 15.2 Å². The zero-order valence-electron chi connectivity index (χ0n) is 10.4. The molecule has 92 valence electrons. The summed E-state index contributed by atoms with van der Waals surface area (Å²) >= 11 is 0. The minimum absolute atomic E-state index is 0.130. The van der Waals surface area contributed by atoms with Crippen molar-refractivity contribution < 1.29 is 4.52 Å². The largest absolute Gasteiger partial charge is 0.338 e. The van der Waals surface area contributed by atoms with Crippen molar-refractivity contribution in [2.45, 2.75) is 39.7 Å². The van der Waals surface area contributed by atoms with Crippen molar-refractivity contribution in [3.8, 4) is 0 Å². The standard InChI is InChI=1S/C11H22N4O/c1-4-9(12)11-13-10(14-16-11)7-8-15(5-2)6-3/h9H,4-8,12H2,1-3H3/t9-/m0/s1. The highest BCUT2D eigenvalue weighted by Crippen LogP contribution is 2.10. The van der Waals surface area contributed by atoms with E-state index < -0.39 is 0 Å². The topological polar surface area (TPSA) is 68.2 Å². The Labute approximate surface area is 97.0 Å². The average Bonchev–Trinajstić information content (AvgIpc) is 2.78. The number of rotatable bonds is 7. The third kappa shape index (κ3) is 3.57. The summed E-state index contributed by atoms with van der Waals surface area (Å²) in [7, 11) is 0. The van der Waals surface area contributed by atoms with Gasteiger partial charge in [0.1, 0.15) is 0 Å². The molecule has 1 atom stereocenters. The summed E-state index contributed by atoms with van der Waals surface area (Å²) in [5, 5.41) is 3.93. The molecule has 1 heterocycles. The van der Waals surface area contributed by atoms with Crippen LogP contribution in [0.2, 0.25) is 0 Å². The van der Waals surface area contributed by atoms with Crippen LogP contribution in [0.15, 0.2) is 4.52 Å². The molecule has 0 spiro atoms. The molecule has 0 radical (unpaired) electrons. The lowest BCUT2D eigenvalue weighted by Gasteiger charge is -2.16. The normalized spacial score (nSPS) is 13.3. The Morgan fingerprint density at radius 3 is 2.56 bits per heavy atom. The fourth-order valence-corrected chi connectivity index (χ4v) is 1.49. The molecular formula is C11H22N4O. The van der Waals surface area contributed by atoms with Gasteiger partial charge >= 0.3 is 0 Å². The maximum Gasteiger partial charge on any atom is 0.243 e. The number of hydrogen-bond donors (Lipinski definition) is 1. The first-order valence-corrected chi connectivity index (χ1v) is 6.01. The molecule has 2 N–H and O–H groups in total. The second-order valence-electron chi connectivity index (χ2n) is 3.84. The highest BCUT2D eigenvalue weighted by Gasteiger charge is 2.12. The monoisotopic (exact) mass is 226 g/mol. The smallest absolute Gasteiger partial charge is 0.243 e. The first-order valence-electron chi connectivity index (χ1n) is 6.01. The first kappa shape index (κ1) is 13.1. The van der Waals surface area contributed by atoms with Crippen molar-refractivity contribution >= 4 is 0 Å². The van der Waals surface area contributed by atoms with Crippen LogP contribution >= 0.6 is 0 Å². The summed E-state index contributed by atoms with van der Waals surface area (Å²) in [5.74, 6) is 1.31. The minimum Gasteiger partial charge on any atom is -0.338 e. The fraction of sp³-hybridized carbons (Fsp3) is 0.818. The van der Waals surface area contributed by atoms with Gasteiger partial charge in [-0.05, 0) is 19.5 Å². The van der Waals surface area contributed by atoms with Gasteiger partial charge in [-0.15, -0.1) is 0 Å². The molecular weight excluding hydrogens is 204 g/mol. The molecule has 0 aliphatic carbocycles. The molecule has 5 nitrogen and oxygen atoms in total. The Morgan fingerprint density at radius 1 is 1.31 bits per heavy atom. The van der Waals surface area contributed by atoms with E-state index in [2.05, 4.69) is 28.9 Å². The van der Waals surface area contributed by atoms with Crippen LogP contribution in [-0.2, 0) is 6.42 Å². The fourth-order valence-electron chi connectivity index (χ4n) is 1.49. The second-order valence-corrected chi connectivity index (χ2v) is 3.84. The molecule has 1 aromatic heterocycles. The van der Waals surface area contributed by atoms with Crippen LogP contribution in [0.1, 0.15) is 44.9 Å². The summed E-state index contributed by atoms with van der Waals surface area (Å²) in [6.07, 6.45) is 1.64. The molecule has 0 saturated heterocycles. The summed E-state index contributed by atoms with van der Waals surface area (Å²) < 4.78 is 5.11. The molecule has 0 aliphatic rings. The van der Waals surface area contributed by atoms with E-state index in [0.29, 0.717) is 5.89 Å². The minimum atomic E-state index is -0.130. The number of nitrogens with zero attached hydrogens (tertiary/aromatic N) is 3. The predicted octanol–water partition coefficient (Wildman–Crippen LogP) is 1.36. The maximum absolute atomic E-state index is 5.81. The van der Waals surface area contributed by atoms with Gasteiger partial charge in [0, 0.05) is 13.0 Å². The lowest BCUT2D eigenvalue weighted by Crippen LogP contribution is -2.25. The SMILES string of the molecule is CC[C@H](N)c1nc(CCN(CC)CC)no1. The third-order valence-corrected chi connectivity index (χ3v) is 2.79. The van der Waals surface area contributed by atoms with Gasteiger partial charge in [0.05, 0.1) is 6.04 Å². The van der Waals surface area contributed by atoms with Gasteiger partial charge in [-0.25, -0.2) is 0 Å². The van der Waals surface area contributed by atoms with Crippen LogP contribution in [-0.4, -0.2) is 34.7 Å². The Hall–Kier alpha value is -0.940. The van der Waals surface area contributed by atoms with Crippen LogP contribution in [0.5, 0.6) is 0 Å². The van der Waals surface area contributed by atoms with Crippen molar-refractivity contribution in [1.82, 2.24) is 15.0 Å². The summed E-state index contributed by atoms with van der Waals surface area (Å²) in [6.45, 7) is 9.37. The van der Waals surface area contributed by atoms with Crippen LogP contribution in [0.25, 0.3) is 0 Å². The quantitative estimate of drug-likeness (QED) is 0.760. The highest BCUT2D eigenvalue weighted by molar-refractivity contribution is 4.91. The zero-order chi connectivity index (χ0) is 12.0. The molecule has 16 heavy (non-hydrogen) atoms. The number of aromatic nitrogens is 2. The van der Waals surface area contributed by atoms with Gasteiger partial charge in [-0.2, -0.15) is 4.98 Å². The van der Waals surface area contributed by atoms with E-state index in [4.69, 9.17) is 10.3 Å². The summed E-state index contributed by atoms with van der Waals surface area (Å²) in [6, 6.07) is -0.130. The summed E-state index contributed by atoms with van der Waals surface area (Å²) in [4.78, 5) is 6.62. The Morgan fingerprint density at radius 2 is 2.00 bits per heavy atom. The van der Waals surface area contributed by atoms with E-state index in [1.54, 1.807) is 0 Å². The second kappa shape index (κ2) is 6.60. The molecule has 1 rings (SSSR count). The first-order chi connectivity index (χ1) is 7.71. The van der Waals surface area contributed by atoms with E-state index in [0.717, 1.165) is 38.3 Å². The van der Waals surface area contributed by atoms with Gasteiger partial charge in [0.25, 0.3) is 0 Å². The maximum atomic E-state index is 5.81. The Balaban J connectivity index is 2.46. The molecule has 0 aliphatic heterocycles. The number of likely N-dealkylation sites (N-methyl/N-ethyl adjacent to an activating group) is 1. The van der Waals surface area contributed by atoms with E-state index in [1.165, 1.54) is 0 Å². The molecule has 1 aromatic rings. The third-order valence-electron chi connectivity index (χ3n) is 2.79. The van der Waals surface area contributed by atoms with Crippen molar-refractivity contribution in [1.29, 1.82) is 0 Å². The van der Waals surface area contributed by atoms with Crippen molar-refractivity contribution in [2.24, 2.45) is 5.73 Å². The van der Waals surface area contributed by atoms with Crippen molar-refractivity contribution in [3.63, 3.8) is 0 Å². The van der Waals surface area contributed by atoms with E-state index in [-0.39, 0.29) is 6.04 Å². The predicted molar refractivity (Wildman–Crippen MR) is 63.0 cm³/mol. The van der Waals surface area contributed by atoms with E-state index in [1.807, 2.05) is 6.92 Å². The van der Waals surface area contributed by atoms with Crippen LogP contribution < -0.4 is 5.73 Å². The lowest BCUT2D eigenvalue weighted by molar-refractivity contribution is 0.302. The highest BCUT2D eigenvalue weighted by atomic mass is 16.5.